The van der Waals surface area contributed by atoms with Gasteiger partial charge >= 0.3 is 5.97 Å². The number of nitrogens with zero attached hydrogens (tertiary/aromatic N) is 1. The Morgan fingerprint density at radius 1 is 1.80 bits per heavy atom. The second kappa shape index (κ2) is 2.96. The molecule has 51 valence electrons. The molecule has 0 aliphatic heterocycles. The van der Waals surface area contributed by atoms with Crippen LogP contribution in [0.2, 0.25) is 0 Å². The van der Waals surface area contributed by atoms with Crippen molar-refractivity contribution in [3.63, 3.8) is 0 Å². The Morgan fingerprint density at radius 2 is 2.60 bits per heavy atom. The van der Waals surface area contributed by atoms with E-state index in [-0.39, 0.29) is 11.8 Å². The minimum atomic E-state index is -0.368. The molecule has 0 aliphatic rings. The van der Waals surface area contributed by atoms with E-state index in [4.69, 9.17) is 0 Å². The van der Waals surface area contributed by atoms with Crippen LogP contribution in [0.3, 0.4) is 0 Å². The zero-order valence-electron chi connectivity index (χ0n) is 5.50. The molecule has 0 saturated carbocycles. The first-order valence-corrected chi connectivity index (χ1v) is 2.79. The molecule has 0 spiro atoms. The average molecular weight is 136 g/mol. The molecule has 0 fully saturated rings. The SMILES string of the molecule is CC(=O)Oc1c[c]ccn1. The van der Waals surface area contributed by atoms with Gasteiger partial charge in [-0.25, -0.2) is 4.98 Å². The monoisotopic (exact) mass is 136 g/mol. The maximum absolute atomic E-state index is 10.3. The van der Waals surface area contributed by atoms with Gasteiger partial charge in [-0.1, -0.05) is 0 Å². The van der Waals surface area contributed by atoms with Gasteiger partial charge in [0.1, 0.15) is 0 Å². The van der Waals surface area contributed by atoms with Crippen molar-refractivity contribution in [2.45, 2.75) is 6.92 Å². The molecule has 1 radical (unpaired) electrons. The number of carbonyl (C=O) groups is 1. The highest BCUT2D eigenvalue weighted by Crippen LogP contribution is 2.01. The quantitative estimate of drug-likeness (QED) is 0.536. The molecule has 1 aromatic rings. The smallest absolute Gasteiger partial charge is 0.309 e. The number of rotatable bonds is 1. The molecular weight excluding hydrogens is 130 g/mol. The molecule has 0 aromatic carbocycles. The van der Waals surface area contributed by atoms with Crippen molar-refractivity contribution in [2.24, 2.45) is 0 Å². The van der Waals surface area contributed by atoms with Crippen LogP contribution in [-0.2, 0) is 4.79 Å². The zero-order chi connectivity index (χ0) is 7.40. The highest BCUT2D eigenvalue weighted by atomic mass is 16.5. The largest absolute Gasteiger partial charge is 0.408 e. The topological polar surface area (TPSA) is 39.2 Å². The molecule has 1 aromatic heterocycles. The molecule has 1 rings (SSSR count). The minimum Gasteiger partial charge on any atom is -0.408 e. The summed E-state index contributed by atoms with van der Waals surface area (Å²) in [5.74, 6) is -0.0814. The molecule has 0 bridgehead atoms. The van der Waals surface area contributed by atoms with Crippen LogP contribution in [0.15, 0.2) is 18.3 Å². The minimum absolute atomic E-state index is 0.287. The predicted molar refractivity (Wildman–Crippen MR) is 34.4 cm³/mol. The summed E-state index contributed by atoms with van der Waals surface area (Å²) in [6.45, 7) is 1.33. The molecule has 1 heterocycles. The molecule has 0 aliphatic carbocycles. The Hall–Kier alpha value is -1.38. The van der Waals surface area contributed by atoms with Gasteiger partial charge in [-0.3, -0.25) is 4.79 Å². The fourth-order valence-corrected chi connectivity index (χ4v) is 0.514. The lowest BCUT2D eigenvalue weighted by Gasteiger charge is -1.95. The number of ether oxygens (including phenoxy) is 1. The van der Waals surface area contributed by atoms with Gasteiger partial charge in [0, 0.05) is 19.2 Å². The third-order valence-electron chi connectivity index (χ3n) is 0.828. The fraction of sp³-hybridized carbons (Fsp3) is 0.143. The van der Waals surface area contributed by atoms with Gasteiger partial charge in [0.25, 0.3) is 0 Å². The van der Waals surface area contributed by atoms with Crippen molar-refractivity contribution in [3.05, 3.63) is 24.4 Å². The van der Waals surface area contributed by atoms with Gasteiger partial charge in [-0.05, 0) is 12.1 Å². The van der Waals surface area contributed by atoms with Gasteiger partial charge in [-0.15, -0.1) is 0 Å². The van der Waals surface area contributed by atoms with E-state index in [9.17, 15) is 4.79 Å². The maximum atomic E-state index is 10.3. The van der Waals surface area contributed by atoms with Crippen molar-refractivity contribution in [3.8, 4) is 5.88 Å². The number of hydrogen-bond donors (Lipinski definition) is 0. The third-order valence-corrected chi connectivity index (χ3v) is 0.828. The number of pyridine rings is 1. The Morgan fingerprint density at radius 3 is 3.10 bits per heavy atom. The van der Waals surface area contributed by atoms with Gasteiger partial charge in [-0.2, -0.15) is 0 Å². The van der Waals surface area contributed by atoms with E-state index in [2.05, 4.69) is 15.8 Å². The molecule has 0 atom stereocenters. The van der Waals surface area contributed by atoms with Crippen LogP contribution in [0.25, 0.3) is 0 Å². The van der Waals surface area contributed by atoms with Gasteiger partial charge in [0.2, 0.25) is 5.88 Å². The van der Waals surface area contributed by atoms with Crippen molar-refractivity contribution < 1.29 is 9.53 Å². The Labute approximate surface area is 58.7 Å². The van der Waals surface area contributed by atoms with Gasteiger partial charge in [0.05, 0.1) is 0 Å². The third kappa shape index (κ3) is 1.85. The summed E-state index contributed by atoms with van der Waals surface area (Å²) in [6, 6.07) is 5.86. The van der Waals surface area contributed by atoms with Gasteiger partial charge < -0.3 is 4.74 Å². The second-order valence-electron chi connectivity index (χ2n) is 1.69. The Balaban J connectivity index is 2.67. The van der Waals surface area contributed by atoms with E-state index in [1.54, 1.807) is 6.07 Å². The summed E-state index contributed by atoms with van der Waals surface area (Å²) >= 11 is 0. The number of esters is 1. The van der Waals surface area contributed by atoms with E-state index in [0.717, 1.165) is 0 Å². The van der Waals surface area contributed by atoms with Crippen molar-refractivity contribution in [1.82, 2.24) is 4.98 Å². The van der Waals surface area contributed by atoms with E-state index >= 15 is 0 Å². The Bertz CT molecular complexity index is 220. The van der Waals surface area contributed by atoms with E-state index < -0.39 is 0 Å². The van der Waals surface area contributed by atoms with Crippen LogP contribution in [0.5, 0.6) is 5.88 Å². The molecule has 0 N–H and O–H groups in total. The number of aromatic nitrogens is 1. The fourth-order valence-electron chi connectivity index (χ4n) is 0.514. The van der Waals surface area contributed by atoms with E-state index in [0.29, 0.717) is 0 Å². The van der Waals surface area contributed by atoms with Crippen LogP contribution in [0, 0.1) is 6.07 Å². The molecular formula is C7H6NO2. The van der Waals surface area contributed by atoms with Crippen LogP contribution in [0.1, 0.15) is 6.92 Å². The van der Waals surface area contributed by atoms with E-state index in [1.165, 1.54) is 19.2 Å². The second-order valence-corrected chi connectivity index (χ2v) is 1.69. The lowest BCUT2D eigenvalue weighted by Crippen LogP contribution is -2.02. The molecule has 0 amide bonds. The summed E-state index contributed by atoms with van der Waals surface area (Å²) in [4.78, 5) is 14.1. The zero-order valence-corrected chi connectivity index (χ0v) is 5.50. The van der Waals surface area contributed by atoms with Crippen LogP contribution >= 0.6 is 0 Å². The van der Waals surface area contributed by atoms with Crippen molar-refractivity contribution >= 4 is 5.97 Å². The highest BCUT2D eigenvalue weighted by molar-refractivity contribution is 5.68. The summed E-state index contributed by atoms with van der Waals surface area (Å²) in [6.07, 6.45) is 1.51. The van der Waals surface area contributed by atoms with Crippen LogP contribution < -0.4 is 4.74 Å². The van der Waals surface area contributed by atoms with Gasteiger partial charge in [0.15, 0.2) is 0 Å². The lowest BCUT2D eigenvalue weighted by molar-refractivity contribution is -0.132. The average Bonchev–Trinajstić information content (AvgIpc) is 1.88. The summed E-state index contributed by atoms with van der Waals surface area (Å²) in [7, 11) is 0. The maximum Gasteiger partial charge on any atom is 0.309 e. The first-order valence-electron chi connectivity index (χ1n) is 2.79. The molecule has 10 heavy (non-hydrogen) atoms. The first kappa shape index (κ1) is 6.74. The first-order chi connectivity index (χ1) is 4.79. The normalized spacial score (nSPS) is 8.90. The standard InChI is InChI=1S/C7H6NO2/c1-6(9)10-7-4-2-3-5-8-7/h3-5H,1H3. The summed E-state index contributed by atoms with van der Waals surface area (Å²) in [5.41, 5.74) is 0. The van der Waals surface area contributed by atoms with Crippen molar-refractivity contribution in [2.75, 3.05) is 0 Å². The predicted octanol–water partition coefficient (Wildman–Crippen LogP) is 0.807. The Kier molecular flexibility index (Phi) is 1.99. The van der Waals surface area contributed by atoms with Crippen molar-refractivity contribution in [1.29, 1.82) is 0 Å². The summed E-state index contributed by atoms with van der Waals surface area (Å²) < 4.78 is 4.63. The summed E-state index contributed by atoms with van der Waals surface area (Å²) in [5, 5.41) is 0. The lowest BCUT2D eigenvalue weighted by atomic mass is 10.5. The number of hydrogen-bond acceptors (Lipinski definition) is 3. The van der Waals surface area contributed by atoms with Crippen LogP contribution in [0.4, 0.5) is 0 Å². The highest BCUT2D eigenvalue weighted by Gasteiger charge is 1.94. The van der Waals surface area contributed by atoms with Crippen LogP contribution in [-0.4, -0.2) is 11.0 Å². The molecule has 0 saturated heterocycles. The molecule has 0 unspecified atom stereocenters. The molecule has 3 nitrogen and oxygen atoms in total. The molecule has 3 heteroatoms. The number of carbonyl (C=O) groups excluding carboxylic acids is 1. The van der Waals surface area contributed by atoms with E-state index in [1.807, 2.05) is 0 Å².